The molecule has 0 radical (unpaired) electrons. The van der Waals surface area contributed by atoms with Crippen LogP contribution in [0, 0.1) is 0 Å². The van der Waals surface area contributed by atoms with Crippen molar-refractivity contribution in [3.8, 4) is 0 Å². The van der Waals surface area contributed by atoms with E-state index in [2.05, 4.69) is 41.8 Å². The third-order valence-electron chi connectivity index (χ3n) is 3.48. The Bertz CT molecular complexity index is 287. The van der Waals surface area contributed by atoms with E-state index in [0.29, 0.717) is 5.54 Å². The van der Waals surface area contributed by atoms with E-state index >= 15 is 0 Å². The van der Waals surface area contributed by atoms with Crippen LogP contribution in [0.3, 0.4) is 0 Å². The SMILES string of the molecule is CN(C)C1(Cc2cccs2)CCCNC1. The number of hydrogen-bond acceptors (Lipinski definition) is 3. The summed E-state index contributed by atoms with van der Waals surface area (Å²) in [6.07, 6.45) is 3.79. The topological polar surface area (TPSA) is 15.3 Å². The van der Waals surface area contributed by atoms with E-state index in [1.807, 2.05) is 11.3 Å². The fourth-order valence-corrected chi connectivity index (χ4v) is 3.22. The summed E-state index contributed by atoms with van der Waals surface area (Å²) in [5, 5.41) is 5.71. The predicted octanol–water partition coefficient (Wildman–Crippen LogP) is 1.97. The summed E-state index contributed by atoms with van der Waals surface area (Å²) in [6, 6.07) is 4.41. The molecule has 0 aromatic carbocycles. The molecule has 0 saturated carbocycles. The van der Waals surface area contributed by atoms with Gasteiger partial charge in [0.1, 0.15) is 0 Å². The molecule has 0 spiro atoms. The zero-order valence-electron chi connectivity index (χ0n) is 9.62. The highest BCUT2D eigenvalue weighted by molar-refractivity contribution is 7.09. The maximum absolute atomic E-state index is 3.53. The average molecular weight is 224 g/mol. The third kappa shape index (κ3) is 2.41. The molecule has 1 fully saturated rings. The maximum Gasteiger partial charge on any atom is 0.0376 e. The van der Waals surface area contributed by atoms with E-state index in [1.54, 1.807) is 0 Å². The van der Waals surface area contributed by atoms with Crippen LogP contribution in [-0.2, 0) is 6.42 Å². The van der Waals surface area contributed by atoms with Gasteiger partial charge in [0.2, 0.25) is 0 Å². The Balaban J connectivity index is 2.11. The Kier molecular flexibility index (Phi) is 3.44. The standard InChI is InChI=1S/C12H20N2S/c1-14(2)12(6-4-7-13-10-12)9-11-5-3-8-15-11/h3,5,8,13H,4,6-7,9-10H2,1-2H3. The lowest BCUT2D eigenvalue weighted by molar-refractivity contribution is 0.115. The van der Waals surface area contributed by atoms with Gasteiger partial charge in [-0.05, 0) is 44.9 Å². The van der Waals surface area contributed by atoms with Gasteiger partial charge in [-0.1, -0.05) is 6.07 Å². The van der Waals surface area contributed by atoms with Gasteiger partial charge in [0.05, 0.1) is 0 Å². The maximum atomic E-state index is 3.53. The molecule has 2 nitrogen and oxygen atoms in total. The summed E-state index contributed by atoms with van der Waals surface area (Å²) < 4.78 is 0. The first kappa shape index (κ1) is 11.1. The number of nitrogens with one attached hydrogen (secondary N) is 1. The molecule has 2 rings (SSSR count). The van der Waals surface area contributed by atoms with Gasteiger partial charge in [-0.2, -0.15) is 0 Å². The Morgan fingerprint density at radius 1 is 1.53 bits per heavy atom. The minimum Gasteiger partial charge on any atom is -0.315 e. The summed E-state index contributed by atoms with van der Waals surface area (Å²) in [4.78, 5) is 3.91. The number of nitrogens with zero attached hydrogens (tertiary/aromatic N) is 1. The van der Waals surface area contributed by atoms with Crippen molar-refractivity contribution < 1.29 is 0 Å². The molecule has 1 aliphatic heterocycles. The monoisotopic (exact) mass is 224 g/mol. The van der Waals surface area contributed by atoms with Gasteiger partial charge in [-0.15, -0.1) is 11.3 Å². The average Bonchev–Trinajstić information content (AvgIpc) is 2.71. The van der Waals surface area contributed by atoms with Gasteiger partial charge in [-0.25, -0.2) is 0 Å². The predicted molar refractivity (Wildman–Crippen MR) is 66.5 cm³/mol. The zero-order valence-corrected chi connectivity index (χ0v) is 10.4. The molecule has 1 saturated heterocycles. The second-order valence-electron chi connectivity index (χ2n) is 4.66. The van der Waals surface area contributed by atoms with Crippen LogP contribution in [-0.4, -0.2) is 37.6 Å². The molecule has 2 heterocycles. The van der Waals surface area contributed by atoms with Crippen molar-refractivity contribution in [2.75, 3.05) is 27.2 Å². The Morgan fingerprint density at radius 3 is 2.93 bits per heavy atom. The summed E-state index contributed by atoms with van der Waals surface area (Å²) in [5.41, 5.74) is 0.336. The lowest BCUT2D eigenvalue weighted by Crippen LogP contribution is -2.56. The van der Waals surface area contributed by atoms with Crippen LogP contribution >= 0.6 is 11.3 Å². The Morgan fingerprint density at radius 2 is 2.40 bits per heavy atom. The van der Waals surface area contributed by atoms with Crippen molar-refractivity contribution in [3.05, 3.63) is 22.4 Å². The van der Waals surface area contributed by atoms with Gasteiger partial charge in [-0.3, -0.25) is 0 Å². The quantitative estimate of drug-likeness (QED) is 0.844. The van der Waals surface area contributed by atoms with E-state index < -0.39 is 0 Å². The molecule has 1 N–H and O–H groups in total. The number of hydrogen-bond donors (Lipinski definition) is 1. The largest absolute Gasteiger partial charge is 0.315 e. The highest BCUT2D eigenvalue weighted by Crippen LogP contribution is 2.27. The van der Waals surface area contributed by atoms with E-state index in [0.717, 1.165) is 6.54 Å². The van der Waals surface area contributed by atoms with Crippen LogP contribution in [0.15, 0.2) is 17.5 Å². The highest BCUT2D eigenvalue weighted by Gasteiger charge is 2.34. The van der Waals surface area contributed by atoms with Crippen LogP contribution in [0.4, 0.5) is 0 Å². The first-order valence-corrected chi connectivity index (χ1v) is 6.51. The smallest absolute Gasteiger partial charge is 0.0376 e. The number of thiophene rings is 1. The minimum absolute atomic E-state index is 0.336. The first-order valence-electron chi connectivity index (χ1n) is 5.63. The molecule has 15 heavy (non-hydrogen) atoms. The lowest BCUT2D eigenvalue weighted by atomic mass is 9.85. The van der Waals surface area contributed by atoms with Crippen LogP contribution < -0.4 is 5.32 Å². The van der Waals surface area contributed by atoms with Crippen molar-refractivity contribution in [1.29, 1.82) is 0 Å². The van der Waals surface area contributed by atoms with Crippen molar-refractivity contribution in [2.24, 2.45) is 0 Å². The molecule has 0 amide bonds. The molecule has 1 atom stereocenters. The van der Waals surface area contributed by atoms with Gasteiger partial charge >= 0.3 is 0 Å². The molecule has 1 aliphatic rings. The van der Waals surface area contributed by atoms with Crippen molar-refractivity contribution in [1.82, 2.24) is 10.2 Å². The van der Waals surface area contributed by atoms with E-state index in [-0.39, 0.29) is 0 Å². The zero-order chi connectivity index (χ0) is 10.7. The molecule has 1 aromatic rings. The minimum atomic E-state index is 0.336. The summed E-state index contributed by atoms with van der Waals surface area (Å²) in [5.74, 6) is 0. The number of likely N-dealkylation sites (N-methyl/N-ethyl adjacent to an activating group) is 1. The van der Waals surface area contributed by atoms with Gasteiger partial charge in [0.25, 0.3) is 0 Å². The second kappa shape index (κ2) is 4.64. The van der Waals surface area contributed by atoms with Gasteiger partial charge in [0.15, 0.2) is 0 Å². The molecule has 0 aliphatic carbocycles. The van der Waals surface area contributed by atoms with Crippen molar-refractivity contribution >= 4 is 11.3 Å². The summed E-state index contributed by atoms with van der Waals surface area (Å²) >= 11 is 1.88. The van der Waals surface area contributed by atoms with E-state index in [1.165, 1.54) is 30.7 Å². The summed E-state index contributed by atoms with van der Waals surface area (Å²) in [6.45, 7) is 2.30. The van der Waals surface area contributed by atoms with Crippen molar-refractivity contribution in [3.63, 3.8) is 0 Å². The number of piperidine rings is 1. The molecular weight excluding hydrogens is 204 g/mol. The molecule has 84 valence electrons. The number of rotatable bonds is 3. The normalized spacial score (nSPS) is 27.1. The van der Waals surface area contributed by atoms with E-state index in [9.17, 15) is 0 Å². The highest BCUT2D eigenvalue weighted by atomic mass is 32.1. The molecule has 1 unspecified atom stereocenters. The first-order chi connectivity index (χ1) is 7.23. The van der Waals surface area contributed by atoms with Crippen LogP contribution in [0.1, 0.15) is 17.7 Å². The Hall–Kier alpha value is -0.380. The fourth-order valence-electron chi connectivity index (χ4n) is 2.38. The van der Waals surface area contributed by atoms with Gasteiger partial charge < -0.3 is 10.2 Å². The second-order valence-corrected chi connectivity index (χ2v) is 5.69. The lowest BCUT2D eigenvalue weighted by Gasteiger charge is -2.43. The Labute approximate surface area is 96.3 Å². The van der Waals surface area contributed by atoms with Crippen molar-refractivity contribution in [2.45, 2.75) is 24.8 Å². The molecular formula is C12H20N2S. The fraction of sp³-hybridized carbons (Fsp3) is 0.667. The third-order valence-corrected chi connectivity index (χ3v) is 4.36. The molecule has 0 bridgehead atoms. The summed E-state index contributed by atoms with van der Waals surface area (Å²) in [7, 11) is 4.42. The van der Waals surface area contributed by atoms with E-state index in [4.69, 9.17) is 0 Å². The van der Waals surface area contributed by atoms with Crippen LogP contribution in [0.5, 0.6) is 0 Å². The molecule has 1 aromatic heterocycles. The van der Waals surface area contributed by atoms with Crippen LogP contribution in [0.2, 0.25) is 0 Å². The van der Waals surface area contributed by atoms with Gasteiger partial charge in [0, 0.05) is 23.4 Å². The van der Waals surface area contributed by atoms with Crippen LogP contribution in [0.25, 0.3) is 0 Å². The molecule has 3 heteroatoms.